The Balaban J connectivity index is 3.06. The summed E-state index contributed by atoms with van der Waals surface area (Å²) < 4.78 is 24.0. The molecule has 0 saturated heterocycles. The molecule has 1 rings (SSSR count). The molecule has 0 saturated carbocycles. The van der Waals surface area contributed by atoms with Crippen LogP contribution in [0, 0.1) is 4.78 Å². The average molecular weight is 199 g/mol. The van der Waals surface area contributed by atoms with Crippen LogP contribution in [-0.2, 0) is 9.73 Å². The summed E-state index contributed by atoms with van der Waals surface area (Å²) in [6.07, 6.45) is 1.40. The Hall–Kier alpha value is -1.03. The fourth-order valence-electron chi connectivity index (χ4n) is 0.973. The lowest BCUT2D eigenvalue weighted by Gasteiger charge is -2.05. The van der Waals surface area contributed by atoms with Gasteiger partial charge in [-0.2, -0.15) is 0 Å². The second-order valence-corrected chi connectivity index (χ2v) is 4.91. The van der Waals surface area contributed by atoms with E-state index in [2.05, 4.69) is 0 Å². The molecule has 1 aromatic rings. The van der Waals surface area contributed by atoms with Crippen molar-refractivity contribution in [1.29, 1.82) is 4.78 Å². The number of hydrogen-bond acceptors (Lipinski definition) is 3. The quantitative estimate of drug-likeness (QED) is 0.810. The van der Waals surface area contributed by atoms with Gasteiger partial charge in [-0.25, -0.2) is 8.99 Å². The molecule has 0 aliphatic carbocycles. The minimum Gasteiger partial charge on any atom is -0.494 e. The molecule has 72 valence electrons. The highest BCUT2D eigenvalue weighted by Crippen LogP contribution is 2.17. The molecule has 0 spiro atoms. The van der Waals surface area contributed by atoms with Crippen molar-refractivity contribution in [2.24, 2.45) is 0 Å². The lowest BCUT2D eigenvalue weighted by molar-refractivity contribution is 0.339. The lowest BCUT2D eigenvalue weighted by Crippen LogP contribution is -1.96. The number of nitrogens with one attached hydrogen (secondary N) is 1. The molecule has 3 nitrogen and oxygen atoms in total. The number of benzene rings is 1. The fraction of sp³-hybridized carbons (Fsp3) is 0.333. The van der Waals surface area contributed by atoms with Gasteiger partial charge in [-0.05, 0) is 25.1 Å². The molecule has 1 unspecified atom stereocenters. The largest absolute Gasteiger partial charge is 0.494 e. The highest BCUT2D eigenvalue weighted by molar-refractivity contribution is 7.91. The fourth-order valence-corrected chi connectivity index (χ4v) is 1.65. The molecular weight excluding hydrogens is 186 g/mol. The minimum absolute atomic E-state index is 0.512. The maximum atomic E-state index is 11.4. The van der Waals surface area contributed by atoms with Gasteiger partial charge < -0.3 is 4.74 Å². The molecule has 13 heavy (non-hydrogen) atoms. The highest BCUT2D eigenvalue weighted by atomic mass is 32.2. The van der Waals surface area contributed by atoms with Crippen LogP contribution in [0.4, 0.5) is 0 Å². The lowest BCUT2D eigenvalue weighted by atomic mass is 10.3. The molecule has 0 radical (unpaired) electrons. The molecule has 0 aliphatic rings. The SMILES string of the molecule is CCOc1cccc(S(C)(=N)=O)c1. The van der Waals surface area contributed by atoms with Crippen LogP contribution >= 0.6 is 0 Å². The molecule has 1 aromatic carbocycles. The van der Waals surface area contributed by atoms with Crippen LogP contribution in [0.2, 0.25) is 0 Å². The van der Waals surface area contributed by atoms with Gasteiger partial charge in [-0.3, -0.25) is 0 Å². The Labute approximate surface area is 78.7 Å². The molecule has 0 bridgehead atoms. The predicted molar refractivity (Wildman–Crippen MR) is 52.7 cm³/mol. The van der Waals surface area contributed by atoms with Crippen LogP contribution in [0.25, 0.3) is 0 Å². The molecule has 0 aromatic heterocycles. The van der Waals surface area contributed by atoms with Crippen LogP contribution in [0.1, 0.15) is 6.92 Å². The smallest absolute Gasteiger partial charge is 0.120 e. The predicted octanol–water partition coefficient (Wildman–Crippen LogP) is 2.12. The second kappa shape index (κ2) is 3.79. The van der Waals surface area contributed by atoms with Crippen molar-refractivity contribution in [3.8, 4) is 5.75 Å². The summed E-state index contributed by atoms with van der Waals surface area (Å²) in [6.45, 7) is 2.46. The maximum Gasteiger partial charge on any atom is 0.120 e. The summed E-state index contributed by atoms with van der Waals surface area (Å²) in [4.78, 5) is 0.512. The first-order valence-electron chi connectivity index (χ1n) is 4.00. The van der Waals surface area contributed by atoms with E-state index < -0.39 is 9.73 Å². The van der Waals surface area contributed by atoms with E-state index in [-0.39, 0.29) is 0 Å². The zero-order valence-corrected chi connectivity index (χ0v) is 8.56. The maximum absolute atomic E-state index is 11.4. The van der Waals surface area contributed by atoms with Crippen molar-refractivity contribution < 1.29 is 8.95 Å². The van der Waals surface area contributed by atoms with E-state index >= 15 is 0 Å². The van der Waals surface area contributed by atoms with Gasteiger partial charge in [-0.15, -0.1) is 0 Å². The van der Waals surface area contributed by atoms with E-state index in [9.17, 15) is 4.21 Å². The average Bonchev–Trinajstić information content (AvgIpc) is 2.04. The van der Waals surface area contributed by atoms with E-state index in [1.807, 2.05) is 6.92 Å². The zero-order chi connectivity index (χ0) is 9.90. The Morgan fingerprint density at radius 1 is 1.54 bits per heavy atom. The van der Waals surface area contributed by atoms with Crippen molar-refractivity contribution >= 4 is 9.73 Å². The molecule has 1 N–H and O–H groups in total. The molecule has 0 amide bonds. The van der Waals surface area contributed by atoms with E-state index in [0.29, 0.717) is 17.3 Å². The highest BCUT2D eigenvalue weighted by Gasteiger charge is 2.03. The van der Waals surface area contributed by atoms with Gasteiger partial charge >= 0.3 is 0 Å². The molecule has 0 fully saturated rings. The molecule has 4 heteroatoms. The van der Waals surface area contributed by atoms with Crippen molar-refractivity contribution in [2.45, 2.75) is 11.8 Å². The summed E-state index contributed by atoms with van der Waals surface area (Å²) in [5.41, 5.74) is 0. The van der Waals surface area contributed by atoms with Crippen LogP contribution < -0.4 is 4.74 Å². The van der Waals surface area contributed by atoms with Crippen molar-refractivity contribution in [2.75, 3.05) is 12.9 Å². The number of ether oxygens (including phenoxy) is 1. The van der Waals surface area contributed by atoms with E-state index in [4.69, 9.17) is 9.52 Å². The minimum atomic E-state index is -2.62. The summed E-state index contributed by atoms with van der Waals surface area (Å²) in [7, 11) is -2.62. The topological polar surface area (TPSA) is 50.1 Å². The first-order valence-corrected chi connectivity index (χ1v) is 5.97. The molecule has 1 atom stereocenters. The van der Waals surface area contributed by atoms with Gasteiger partial charge in [0.25, 0.3) is 0 Å². The van der Waals surface area contributed by atoms with Crippen molar-refractivity contribution in [3.05, 3.63) is 24.3 Å². The Kier molecular flexibility index (Phi) is 2.93. The van der Waals surface area contributed by atoms with Crippen LogP contribution in [0.3, 0.4) is 0 Å². The second-order valence-electron chi connectivity index (χ2n) is 2.75. The van der Waals surface area contributed by atoms with Gasteiger partial charge in [0.05, 0.1) is 21.2 Å². The standard InChI is InChI=1S/C9H13NO2S/c1-3-12-8-5-4-6-9(7-8)13(2,10)11/h4-7,10H,3H2,1-2H3. The van der Waals surface area contributed by atoms with Crippen LogP contribution in [0.5, 0.6) is 5.75 Å². The third kappa shape index (κ3) is 2.73. The Morgan fingerprint density at radius 2 is 2.23 bits per heavy atom. The summed E-state index contributed by atoms with van der Waals surface area (Å²) in [5.74, 6) is 0.668. The molecule has 0 heterocycles. The van der Waals surface area contributed by atoms with Gasteiger partial charge in [-0.1, -0.05) is 6.07 Å². The van der Waals surface area contributed by atoms with Gasteiger partial charge in [0.15, 0.2) is 0 Å². The van der Waals surface area contributed by atoms with Crippen LogP contribution in [-0.4, -0.2) is 17.1 Å². The van der Waals surface area contributed by atoms with Gasteiger partial charge in [0.1, 0.15) is 5.75 Å². The monoisotopic (exact) mass is 199 g/mol. The zero-order valence-electron chi connectivity index (χ0n) is 7.74. The van der Waals surface area contributed by atoms with Crippen molar-refractivity contribution in [3.63, 3.8) is 0 Å². The van der Waals surface area contributed by atoms with Gasteiger partial charge in [0.2, 0.25) is 0 Å². The number of rotatable bonds is 3. The Bertz CT molecular complexity index is 384. The summed E-state index contributed by atoms with van der Waals surface area (Å²) >= 11 is 0. The number of hydrogen-bond donors (Lipinski definition) is 1. The third-order valence-corrected chi connectivity index (χ3v) is 2.72. The summed E-state index contributed by atoms with van der Waals surface area (Å²) in [6, 6.07) is 6.87. The van der Waals surface area contributed by atoms with Crippen molar-refractivity contribution in [1.82, 2.24) is 0 Å². The molecular formula is C9H13NO2S. The van der Waals surface area contributed by atoms with Gasteiger partial charge in [0, 0.05) is 6.26 Å². The Morgan fingerprint density at radius 3 is 2.77 bits per heavy atom. The van der Waals surface area contributed by atoms with E-state index in [1.165, 1.54) is 6.26 Å². The first-order chi connectivity index (χ1) is 6.04. The summed E-state index contributed by atoms with van der Waals surface area (Å²) in [5, 5.41) is 0. The van der Waals surface area contributed by atoms with E-state index in [0.717, 1.165) is 0 Å². The van der Waals surface area contributed by atoms with E-state index in [1.54, 1.807) is 24.3 Å². The normalized spacial score (nSPS) is 14.9. The third-order valence-electron chi connectivity index (χ3n) is 1.57. The van der Waals surface area contributed by atoms with Crippen LogP contribution in [0.15, 0.2) is 29.2 Å². The first kappa shape index (κ1) is 10.1. The molecule has 0 aliphatic heterocycles.